The van der Waals surface area contributed by atoms with Crippen molar-refractivity contribution in [3.8, 4) is 5.75 Å². The summed E-state index contributed by atoms with van der Waals surface area (Å²) >= 11 is 0. The second kappa shape index (κ2) is 11.9. The molecule has 1 N–H and O–H groups in total. The predicted molar refractivity (Wildman–Crippen MR) is 137 cm³/mol. The predicted octanol–water partition coefficient (Wildman–Crippen LogP) is 1.02. The van der Waals surface area contributed by atoms with Gasteiger partial charge in [-0.25, -0.2) is 0 Å². The topological polar surface area (TPSA) is 145 Å². The van der Waals surface area contributed by atoms with Crippen LogP contribution in [-0.2, 0) is 47.4 Å². The van der Waals surface area contributed by atoms with Crippen LogP contribution in [0.1, 0.15) is 55.4 Å². The fraction of sp³-hybridized carbons (Fsp3) is 0.615. The summed E-state index contributed by atoms with van der Waals surface area (Å²) < 4.78 is 40.3. The molecule has 2 heterocycles. The first-order valence-electron chi connectivity index (χ1n) is 12.6. The average molecular weight is 549 g/mol. The molecule has 3 rings (SSSR count). The fourth-order valence-electron chi connectivity index (χ4n) is 4.21. The van der Waals surface area contributed by atoms with Crippen LogP contribution < -0.4 is 15.5 Å². The van der Waals surface area contributed by atoms with Crippen molar-refractivity contribution in [3.63, 3.8) is 0 Å². The molecule has 2 aliphatic heterocycles. The first kappa shape index (κ1) is 30.4. The molecule has 2 unspecified atom stereocenters. The largest absolute Gasteiger partial charge is 0.494 e. The van der Waals surface area contributed by atoms with Crippen molar-refractivity contribution in [1.82, 2.24) is 5.32 Å². The molecular formula is C26H36BNO11. The summed E-state index contributed by atoms with van der Waals surface area (Å²) in [7, 11) is -0.576. The molecule has 1 amide bonds. The molecule has 0 radical (unpaired) electrons. The van der Waals surface area contributed by atoms with Crippen LogP contribution in [0.15, 0.2) is 24.3 Å². The lowest BCUT2D eigenvalue weighted by Crippen LogP contribution is -2.67. The third kappa shape index (κ3) is 7.49. The summed E-state index contributed by atoms with van der Waals surface area (Å²) in [6, 6.07) is 5.82. The molecular weight excluding hydrogens is 513 g/mol. The van der Waals surface area contributed by atoms with E-state index in [0.717, 1.165) is 5.46 Å². The van der Waals surface area contributed by atoms with E-state index >= 15 is 0 Å². The zero-order valence-electron chi connectivity index (χ0n) is 23.5. The van der Waals surface area contributed by atoms with Gasteiger partial charge in [0.05, 0.1) is 11.2 Å². The second-order valence-electron chi connectivity index (χ2n) is 10.5. The van der Waals surface area contributed by atoms with Crippen LogP contribution in [0, 0.1) is 0 Å². The molecule has 1 aromatic carbocycles. The average Bonchev–Trinajstić information content (AvgIpc) is 3.02. The quantitative estimate of drug-likeness (QED) is 0.282. The van der Waals surface area contributed by atoms with E-state index in [1.807, 2.05) is 27.7 Å². The normalized spacial score (nSPS) is 27.3. The second-order valence-corrected chi connectivity index (χ2v) is 10.5. The first-order chi connectivity index (χ1) is 18.1. The maximum atomic E-state index is 12.1. The molecule has 0 saturated carbocycles. The van der Waals surface area contributed by atoms with Crippen molar-refractivity contribution in [2.75, 3.05) is 6.61 Å². The number of carbonyl (C=O) groups is 4. The van der Waals surface area contributed by atoms with Gasteiger partial charge < -0.3 is 38.3 Å². The third-order valence-electron chi connectivity index (χ3n) is 6.73. The van der Waals surface area contributed by atoms with Crippen LogP contribution in [0.4, 0.5) is 0 Å². The van der Waals surface area contributed by atoms with Crippen LogP contribution in [0.25, 0.3) is 0 Å². The minimum atomic E-state index is -1.21. The van der Waals surface area contributed by atoms with Gasteiger partial charge in [0, 0.05) is 27.7 Å². The van der Waals surface area contributed by atoms with Gasteiger partial charge in [0.15, 0.2) is 12.2 Å². The molecule has 2 aliphatic rings. The van der Waals surface area contributed by atoms with E-state index < -0.39 is 72.8 Å². The number of nitrogens with one attached hydrogen (secondary N) is 1. The summed E-state index contributed by atoms with van der Waals surface area (Å²) in [6.45, 7) is 12.4. The van der Waals surface area contributed by atoms with Crippen LogP contribution >= 0.6 is 0 Å². The molecule has 13 heteroatoms. The van der Waals surface area contributed by atoms with Gasteiger partial charge in [-0.15, -0.1) is 0 Å². The van der Waals surface area contributed by atoms with Gasteiger partial charge in [-0.3, -0.25) is 19.2 Å². The Kier molecular flexibility index (Phi) is 9.29. The molecule has 12 nitrogen and oxygen atoms in total. The molecule has 2 fully saturated rings. The number of benzene rings is 1. The molecule has 1 aromatic rings. The lowest BCUT2D eigenvalue weighted by molar-refractivity contribution is -0.257. The maximum absolute atomic E-state index is 12.1. The van der Waals surface area contributed by atoms with Gasteiger partial charge in [-0.2, -0.15) is 0 Å². The van der Waals surface area contributed by atoms with Crippen molar-refractivity contribution in [2.45, 2.75) is 97.2 Å². The lowest BCUT2D eigenvalue weighted by atomic mass is 9.79. The number of amides is 1. The number of hydrogen-bond acceptors (Lipinski definition) is 11. The minimum absolute atomic E-state index is 0.321. The SMILES string of the molecule is CC(=O)NC1[C@H](Oc2ccc(B3OC(C)(C)C(C)(C)O3)cc2)OC(COC(C)=O)[C@@H](OC(C)=O)[C@@H]1OC(C)=O. The first-order valence-corrected chi connectivity index (χ1v) is 12.6. The van der Waals surface area contributed by atoms with Gasteiger partial charge in [0.1, 0.15) is 24.5 Å². The van der Waals surface area contributed by atoms with Gasteiger partial charge in [0.25, 0.3) is 0 Å². The zero-order valence-corrected chi connectivity index (χ0v) is 23.5. The minimum Gasteiger partial charge on any atom is -0.463 e. The van der Waals surface area contributed by atoms with Crippen LogP contribution in [0.2, 0.25) is 0 Å². The van der Waals surface area contributed by atoms with E-state index in [0.29, 0.717) is 5.75 Å². The fourth-order valence-corrected chi connectivity index (χ4v) is 4.21. The van der Waals surface area contributed by atoms with E-state index in [4.69, 9.17) is 33.0 Å². The summed E-state index contributed by atoms with van der Waals surface area (Å²) in [6.07, 6.45) is -4.69. The van der Waals surface area contributed by atoms with Crippen molar-refractivity contribution >= 4 is 36.4 Å². The summed E-state index contributed by atoms with van der Waals surface area (Å²) in [5.74, 6) is -2.08. The number of hydrogen-bond donors (Lipinski definition) is 1. The highest BCUT2D eigenvalue weighted by Gasteiger charge is 2.53. The van der Waals surface area contributed by atoms with E-state index in [1.54, 1.807) is 24.3 Å². The van der Waals surface area contributed by atoms with E-state index in [9.17, 15) is 19.2 Å². The molecule has 0 spiro atoms. The summed E-state index contributed by atoms with van der Waals surface area (Å²) in [5.41, 5.74) is -0.241. The Balaban J connectivity index is 1.89. The number of esters is 3. The van der Waals surface area contributed by atoms with Crippen molar-refractivity contribution in [1.29, 1.82) is 0 Å². The molecule has 0 aromatic heterocycles. The highest BCUT2D eigenvalue weighted by Crippen LogP contribution is 2.36. The van der Waals surface area contributed by atoms with E-state index in [-0.39, 0.29) is 6.61 Å². The number of ether oxygens (including phenoxy) is 5. The number of rotatable bonds is 8. The molecule has 39 heavy (non-hydrogen) atoms. The third-order valence-corrected chi connectivity index (χ3v) is 6.73. The van der Waals surface area contributed by atoms with Crippen LogP contribution in [0.3, 0.4) is 0 Å². The number of carbonyl (C=O) groups excluding carboxylic acids is 4. The molecule has 0 aliphatic carbocycles. The Morgan fingerprint density at radius 1 is 0.846 bits per heavy atom. The van der Waals surface area contributed by atoms with E-state index in [1.165, 1.54) is 27.7 Å². The molecule has 214 valence electrons. The summed E-state index contributed by atoms with van der Waals surface area (Å²) in [4.78, 5) is 47.5. The Labute approximate surface area is 228 Å². The standard InChI is InChI=1S/C26H36BNO11/c1-14(29)28-21-23(35-17(4)32)22(34-16(3)31)20(13-33-15(2)30)37-24(21)36-19-11-9-18(10-12-19)27-38-25(5,6)26(7,8)39-27/h9-12,20-24H,13H2,1-8H3,(H,28,29)/t20?,21?,22-,23-,24-/m1/s1. The van der Waals surface area contributed by atoms with E-state index in [2.05, 4.69) is 5.32 Å². The lowest BCUT2D eigenvalue weighted by Gasteiger charge is -2.44. The van der Waals surface area contributed by atoms with Crippen LogP contribution in [0.5, 0.6) is 5.75 Å². The van der Waals surface area contributed by atoms with Crippen LogP contribution in [-0.4, -0.2) is 79.4 Å². The Morgan fingerprint density at radius 3 is 1.87 bits per heavy atom. The zero-order chi connectivity index (χ0) is 29.1. The van der Waals surface area contributed by atoms with Gasteiger partial charge in [-0.05, 0) is 45.3 Å². The Hall–Kier alpha value is -3.16. The highest BCUT2D eigenvalue weighted by atomic mass is 16.7. The highest BCUT2D eigenvalue weighted by molar-refractivity contribution is 6.62. The Bertz CT molecular complexity index is 1060. The van der Waals surface area contributed by atoms with Gasteiger partial charge in [0.2, 0.25) is 12.2 Å². The Morgan fingerprint density at radius 2 is 1.38 bits per heavy atom. The van der Waals surface area contributed by atoms with Gasteiger partial charge in [-0.1, -0.05) is 12.1 Å². The smallest absolute Gasteiger partial charge is 0.463 e. The van der Waals surface area contributed by atoms with Crippen molar-refractivity contribution in [3.05, 3.63) is 24.3 Å². The van der Waals surface area contributed by atoms with Gasteiger partial charge >= 0.3 is 25.0 Å². The molecule has 2 saturated heterocycles. The summed E-state index contributed by atoms with van der Waals surface area (Å²) in [5, 5.41) is 2.67. The van der Waals surface area contributed by atoms with Crippen molar-refractivity contribution in [2.24, 2.45) is 0 Å². The maximum Gasteiger partial charge on any atom is 0.494 e. The monoisotopic (exact) mass is 549 g/mol. The molecule has 0 bridgehead atoms. The van der Waals surface area contributed by atoms with Crippen molar-refractivity contribution < 1.29 is 52.2 Å². The molecule has 5 atom stereocenters.